The maximum atomic E-state index is 12.9. The van der Waals surface area contributed by atoms with E-state index in [4.69, 9.17) is 5.11 Å². The number of aliphatic carboxylic acids is 1. The van der Waals surface area contributed by atoms with Crippen LogP contribution in [0.5, 0.6) is 0 Å². The summed E-state index contributed by atoms with van der Waals surface area (Å²) in [5.74, 6) is -0.980. The number of rotatable bonds is 1. The van der Waals surface area contributed by atoms with Crippen molar-refractivity contribution in [2.75, 3.05) is 5.75 Å². The zero-order valence-corrected chi connectivity index (χ0v) is 8.18. The summed E-state index contributed by atoms with van der Waals surface area (Å²) in [6.07, 6.45) is 0.580. The highest BCUT2D eigenvalue weighted by atomic mass is 32.2. The Kier molecular flexibility index (Phi) is 2.46. The van der Waals surface area contributed by atoms with Crippen molar-refractivity contribution in [1.82, 2.24) is 0 Å². The number of halogens is 1. The molecule has 4 heteroatoms. The molecular weight excluding hydrogens is 203 g/mol. The molecule has 2 nitrogen and oxygen atoms in total. The van der Waals surface area contributed by atoms with Gasteiger partial charge in [0.1, 0.15) is 5.82 Å². The van der Waals surface area contributed by atoms with Gasteiger partial charge in [-0.05, 0) is 35.9 Å². The summed E-state index contributed by atoms with van der Waals surface area (Å²) < 4.78 is 12.9. The smallest absolute Gasteiger partial charge is 0.311 e. The maximum absolute atomic E-state index is 12.9. The second-order valence-corrected chi connectivity index (χ2v) is 4.35. The molecule has 0 aromatic heterocycles. The molecular formula is C10H9FO2S. The third-order valence-corrected chi connectivity index (χ3v) is 3.43. The van der Waals surface area contributed by atoms with E-state index in [-0.39, 0.29) is 5.82 Å². The van der Waals surface area contributed by atoms with Crippen LogP contribution in [0.3, 0.4) is 0 Å². The molecule has 0 amide bonds. The minimum absolute atomic E-state index is 0.363. The first-order valence-electron chi connectivity index (χ1n) is 4.33. The minimum atomic E-state index is -0.864. The van der Waals surface area contributed by atoms with E-state index >= 15 is 0 Å². The monoisotopic (exact) mass is 212 g/mol. The van der Waals surface area contributed by atoms with Crippen molar-refractivity contribution in [3.8, 4) is 0 Å². The predicted octanol–water partition coefficient (Wildman–Crippen LogP) is 2.49. The van der Waals surface area contributed by atoms with E-state index in [1.165, 1.54) is 12.1 Å². The molecule has 1 unspecified atom stereocenters. The Morgan fingerprint density at radius 1 is 1.57 bits per heavy atom. The molecule has 0 saturated carbocycles. The van der Waals surface area contributed by atoms with E-state index in [9.17, 15) is 9.18 Å². The largest absolute Gasteiger partial charge is 0.481 e. The first kappa shape index (κ1) is 9.52. The number of fused-ring (bicyclic) bond motifs is 1. The summed E-state index contributed by atoms with van der Waals surface area (Å²) in [6.45, 7) is 0. The average Bonchev–Trinajstić information content (AvgIpc) is 2.16. The van der Waals surface area contributed by atoms with Crippen molar-refractivity contribution in [3.05, 3.63) is 29.6 Å². The lowest BCUT2D eigenvalue weighted by Crippen LogP contribution is -2.16. The van der Waals surface area contributed by atoms with E-state index in [0.29, 0.717) is 12.0 Å². The lowest BCUT2D eigenvalue weighted by molar-refractivity contribution is -0.138. The van der Waals surface area contributed by atoms with E-state index in [1.807, 2.05) is 0 Å². The highest BCUT2D eigenvalue weighted by molar-refractivity contribution is 7.99. The molecule has 1 aromatic rings. The summed E-state index contributed by atoms with van der Waals surface area (Å²) in [5, 5.41) is 8.94. The molecule has 0 bridgehead atoms. The van der Waals surface area contributed by atoms with Gasteiger partial charge >= 0.3 is 5.97 Å². The van der Waals surface area contributed by atoms with Crippen LogP contribution >= 0.6 is 11.8 Å². The highest BCUT2D eigenvalue weighted by Crippen LogP contribution is 2.37. The number of carbonyl (C=O) groups is 1. The first-order valence-corrected chi connectivity index (χ1v) is 5.32. The molecule has 1 aromatic carbocycles. The Morgan fingerprint density at radius 2 is 2.36 bits per heavy atom. The number of thioether (sulfide) groups is 1. The maximum Gasteiger partial charge on any atom is 0.311 e. The van der Waals surface area contributed by atoms with Crippen LogP contribution in [-0.2, 0) is 4.79 Å². The van der Waals surface area contributed by atoms with E-state index in [1.54, 1.807) is 17.8 Å². The van der Waals surface area contributed by atoms with Crippen molar-refractivity contribution in [2.24, 2.45) is 0 Å². The summed E-state index contributed by atoms with van der Waals surface area (Å²) in [7, 11) is 0. The number of hydrogen-bond donors (Lipinski definition) is 1. The van der Waals surface area contributed by atoms with Crippen molar-refractivity contribution in [2.45, 2.75) is 17.2 Å². The molecule has 0 saturated heterocycles. The fraction of sp³-hybridized carbons (Fsp3) is 0.300. The van der Waals surface area contributed by atoms with Crippen LogP contribution in [0.15, 0.2) is 23.1 Å². The van der Waals surface area contributed by atoms with Gasteiger partial charge in [-0.25, -0.2) is 4.39 Å². The van der Waals surface area contributed by atoms with Crippen molar-refractivity contribution < 1.29 is 14.3 Å². The standard InChI is InChI=1S/C10H9FO2S/c11-6-1-2-9-8(5-6)7(10(12)13)3-4-14-9/h1-2,5,7H,3-4H2,(H,12,13). The van der Waals surface area contributed by atoms with Crippen LogP contribution in [0.2, 0.25) is 0 Å². The number of carboxylic acids is 1. The number of carboxylic acid groups (broad SMARTS) is 1. The number of benzene rings is 1. The van der Waals surface area contributed by atoms with Crippen molar-refractivity contribution in [1.29, 1.82) is 0 Å². The van der Waals surface area contributed by atoms with E-state index in [0.717, 1.165) is 10.6 Å². The zero-order valence-electron chi connectivity index (χ0n) is 7.37. The lowest BCUT2D eigenvalue weighted by Gasteiger charge is -2.21. The van der Waals surface area contributed by atoms with Crippen LogP contribution < -0.4 is 0 Å². The molecule has 1 N–H and O–H groups in total. The van der Waals surface area contributed by atoms with Gasteiger partial charge in [0.2, 0.25) is 0 Å². The van der Waals surface area contributed by atoms with Gasteiger partial charge in [-0.3, -0.25) is 4.79 Å². The van der Waals surface area contributed by atoms with E-state index < -0.39 is 11.9 Å². The second kappa shape index (κ2) is 3.61. The van der Waals surface area contributed by atoms with Gasteiger partial charge in [-0.2, -0.15) is 0 Å². The molecule has 0 radical (unpaired) electrons. The SMILES string of the molecule is O=C(O)C1CCSc2ccc(F)cc21. The molecule has 0 fully saturated rings. The molecule has 2 rings (SSSR count). The fourth-order valence-corrected chi connectivity index (χ4v) is 2.73. The van der Waals surface area contributed by atoms with E-state index in [2.05, 4.69) is 0 Å². The Morgan fingerprint density at radius 3 is 3.07 bits per heavy atom. The quantitative estimate of drug-likeness (QED) is 0.777. The molecule has 1 aliphatic heterocycles. The van der Waals surface area contributed by atoms with Crippen molar-refractivity contribution in [3.63, 3.8) is 0 Å². The third-order valence-electron chi connectivity index (χ3n) is 2.31. The van der Waals surface area contributed by atoms with Crippen LogP contribution in [0.4, 0.5) is 4.39 Å². The Bertz CT molecular complexity index is 378. The predicted molar refractivity (Wildman–Crippen MR) is 52.1 cm³/mol. The normalized spacial score (nSPS) is 20.2. The van der Waals surface area contributed by atoms with Gasteiger partial charge in [0, 0.05) is 4.90 Å². The lowest BCUT2D eigenvalue weighted by atomic mass is 9.96. The van der Waals surface area contributed by atoms with Crippen LogP contribution in [0.25, 0.3) is 0 Å². The Balaban J connectivity index is 2.46. The molecule has 0 aliphatic carbocycles. The molecule has 1 heterocycles. The van der Waals surface area contributed by atoms with Crippen LogP contribution in [0.1, 0.15) is 17.9 Å². The molecule has 0 spiro atoms. The van der Waals surface area contributed by atoms with Gasteiger partial charge < -0.3 is 5.11 Å². The molecule has 1 atom stereocenters. The van der Waals surface area contributed by atoms with Crippen molar-refractivity contribution >= 4 is 17.7 Å². The average molecular weight is 212 g/mol. The topological polar surface area (TPSA) is 37.3 Å². The van der Waals surface area contributed by atoms with Gasteiger partial charge in [0.15, 0.2) is 0 Å². The summed E-state index contributed by atoms with van der Waals surface area (Å²) in [5.41, 5.74) is 0.619. The fourth-order valence-electron chi connectivity index (χ4n) is 1.62. The van der Waals surface area contributed by atoms with Gasteiger partial charge in [0.05, 0.1) is 5.92 Å². The number of hydrogen-bond acceptors (Lipinski definition) is 2. The van der Waals surface area contributed by atoms with Gasteiger partial charge in [-0.15, -0.1) is 11.8 Å². The zero-order chi connectivity index (χ0) is 10.1. The minimum Gasteiger partial charge on any atom is -0.481 e. The molecule has 1 aliphatic rings. The summed E-state index contributed by atoms with van der Waals surface area (Å²) in [4.78, 5) is 11.8. The molecule has 14 heavy (non-hydrogen) atoms. The summed E-state index contributed by atoms with van der Waals surface area (Å²) in [6, 6.07) is 4.36. The third kappa shape index (κ3) is 1.62. The molecule has 74 valence electrons. The van der Waals surface area contributed by atoms with Gasteiger partial charge in [0.25, 0.3) is 0 Å². The second-order valence-electron chi connectivity index (χ2n) is 3.21. The van der Waals surface area contributed by atoms with Crippen LogP contribution in [-0.4, -0.2) is 16.8 Å². The van der Waals surface area contributed by atoms with Gasteiger partial charge in [-0.1, -0.05) is 0 Å². The Labute approximate surface area is 85.1 Å². The summed E-state index contributed by atoms with van der Waals surface area (Å²) >= 11 is 1.59. The highest BCUT2D eigenvalue weighted by Gasteiger charge is 2.26. The van der Waals surface area contributed by atoms with Crippen LogP contribution in [0, 0.1) is 5.82 Å². The first-order chi connectivity index (χ1) is 6.68. The Hall–Kier alpha value is -1.03.